The maximum atomic E-state index is 11.8. The van der Waals surface area contributed by atoms with Crippen molar-refractivity contribution in [1.29, 1.82) is 0 Å². The SMILES string of the molecule is CCCS(=O)(=O)CCN(CC/C(N)=N/O)c1ccccc1. The van der Waals surface area contributed by atoms with Gasteiger partial charge in [0.1, 0.15) is 5.84 Å². The van der Waals surface area contributed by atoms with E-state index in [2.05, 4.69) is 5.16 Å². The lowest BCUT2D eigenvalue weighted by Crippen LogP contribution is -2.33. The molecule has 1 rings (SSSR count). The van der Waals surface area contributed by atoms with Crippen LogP contribution in [0.25, 0.3) is 0 Å². The lowest BCUT2D eigenvalue weighted by atomic mass is 10.2. The molecule has 0 unspecified atom stereocenters. The van der Waals surface area contributed by atoms with E-state index in [0.717, 1.165) is 5.69 Å². The second-order valence-electron chi connectivity index (χ2n) is 4.82. The van der Waals surface area contributed by atoms with Crippen molar-refractivity contribution in [3.8, 4) is 0 Å². The minimum atomic E-state index is -3.03. The third-order valence-electron chi connectivity index (χ3n) is 3.07. The van der Waals surface area contributed by atoms with Crippen LogP contribution in [0.1, 0.15) is 19.8 Å². The summed E-state index contributed by atoms with van der Waals surface area (Å²) in [4.78, 5) is 1.94. The Morgan fingerprint density at radius 2 is 1.90 bits per heavy atom. The molecule has 7 heteroatoms. The van der Waals surface area contributed by atoms with Crippen molar-refractivity contribution >= 4 is 21.4 Å². The van der Waals surface area contributed by atoms with Crippen molar-refractivity contribution in [1.82, 2.24) is 0 Å². The maximum Gasteiger partial charge on any atom is 0.152 e. The van der Waals surface area contributed by atoms with Crippen LogP contribution in [0, 0.1) is 0 Å². The summed E-state index contributed by atoms with van der Waals surface area (Å²) in [5, 5.41) is 11.5. The molecule has 1 aromatic rings. The van der Waals surface area contributed by atoms with Gasteiger partial charge in [-0.2, -0.15) is 0 Å². The standard InChI is InChI=1S/C14H23N3O3S/c1-2-11-21(19,20)12-10-17(9-8-14(15)16-18)13-6-4-3-5-7-13/h3-7,18H,2,8-12H2,1H3,(H2,15,16). The molecule has 0 saturated heterocycles. The second kappa shape index (κ2) is 8.51. The van der Waals surface area contributed by atoms with E-state index in [-0.39, 0.29) is 17.3 Å². The highest BCUT2D eigenvalue weighted by Crippen LogP contribution is 2.14. The summed E-state index contributed by atoms with van der Waals surface area (Å²) in [5.74, 6) is 0.439. The minimum absolute atomic E-state index is 0.103. The first-order valence-corrected chi connectivity index (χ1v) is 8.77. The van der Waals surface area contributed by atoms with Gasteiger partial charge in [-0.05, 0) is 18.6 Å². The summed E-state index contributed by atoms with van der Waals surface area (Å²) in [6.45, 7) is 2.75. The van der Waals surface area contributed by atoms with Gasteiger partial charge in [-0.15, -0.1) is 0 Å². The Bertz CT molecular complexity index is 544. The van der Waals surface area contributed by atoms with Crippen LogP contribution in [-0.4, -0.2) is 44.1 Å². The molecule has 21 heavy (non-hydrogen) atoms. The van der Waals surface area contributed by atoms with Crippen LogP contribution in [0.4, 0.5) is 5.69 Å². The first-order chi connectivity index (χ1) is 9.98. The normalized spacial score (nSPS) is 12.3. The van der Waals surface area contributed by atoms with Gasteiger partial charge in [0.05, 0.1) is 5.75 Å². The number of nitrogens with two attached hydrogens (primary N) is 1. The summed E-state index contributed by atoms with van der Waals surface area (Å²) >= 11 is 0. The molecule has 0 aliphatic carbocycles. The second-order valence-corrected chi connectivity index (χ2v) is 7.12. The highest BCUT2D eigenvalue weighted by molar-refractivity contribution is 7.91. The largest absolute Gasteiger partial charge is 0.409 e. The van der Waals surface area contributed by atoms with Crippen molar-refractivity contribution in [2.75, 3.05) is 29.5 Å². The highest BCUT2D eigenvalue weighted by Gasteiger charge is 2.14. The zero-order valence-electron chi connectivity index (χ0n) is 12.3. The lowest BCUT2D eigenvalue weighted by molar-refractivity contribution is 0.317. The highest BCUT2D eigenvalue weighted by atomic mass is 32.2. The summed E-state index contributed by atoms with van der Waals surface area (Å²) in [6, 6.07) is 9.52. The summed E-state index contributed by atoms with van der Waals surface area (Å²) in [5.41, 5.74) is 6.41. The van der Waals surface area contributed by atoms with Crippen molar-refractivity contribution in [3.05, 3.63) is 30.3 Å². The fourth-order valence-electron chi connectivity index (χ4n) is 1.97. The molecule has 0 aliphatic heterocycles. The maximum absolute atomic E-state index is 11.8. The Balaban J connectivity index is 2.73. The summed E-state index contributed by atoms with van der Waals surface area (Å²) in [6.07, 6.45) is 0.997. The summed E-state index contributed by atoms with van der Waals surface area (Å²) < 4.78 is 23.7. The van der Waals surface area contributed by atoms with E-state index < -0.39 is 9.84 Å². The Hall–Kier alpha value is -1.76. The van der Waals surface area contributed by atoms with E-state index in [0.29, 0.717) is 25.9 Å². The molecule has 0 aromatic heterocycles. The number of hydrogen-bond donors (Lipinski definition) is 2. The average molecular weight is 313 g/mol. The Kier molecular flexibility index (Phi) is 7.01. The number of nitrogens with zero attached hydrogens (tertiary/aromatic N) is 2. The fourth-order valence-corrected chi connectivity index (χ4v) is 3.30. The lowest BCUT2D eigenvalue weighted by Gasteiger charge is -2.24. The van der Waals surface area contributed by atoms with Gasteiger partial charge in [0.15, 0.2) is 9.84 Å². The molecule has 118 valence electrons. The zero-order valence-corrected chi connectivity index (χ0v) is 13.1. The Morgan fingerprint density at radius 1 is 1.24 bits per heavy atom. The molecule has 0 radical (unpaired) electrons. The molecule has 0 atom stereocenters. The topological polar surface area (TPSA) is 96.0 Å². The van der Waals surface area contributed by atoms with Crippen LogP contribution in [0.2, 0.25) is 0 Å². The molecule has 1 aromatic carbocycles. The third kappa shape index (κ3) is 6.48. The molecule has 0 bridgehead atoms. The molecule has 0 amide bonds. The van der Waals surface area contributed by atoms with Crippen LogP contribution >= 0.6 is 0 Å². The van der Waals surface area contributed by atoms with Gasteiger partial charge in [-0.3, -0.25) is 0 Å². The van der Waals surface area contributed by atoms with Crippen LogP contribution in [0.15, 0.2) is 35.5 Å². The Morgan fingerprint density at radius 3 is 2.48 bits per heavy atom. The van der Waals surface area contributed by atoms with Crippen LogP contribution in [0.3, 0.4) is 0 Å². The number of hydrogen-bond acceptors (Lipinski definition) is 5. The molecular weight excluding hydrogens is 290 g/mol. The van der Waals surface area contributed by atoms with E-state index >= 15 is 0 Å². The van der Waals surface area contributed by atoms with Crippen molar-refractivity contribution in [3.63, 3.8) is 0 Å². The van der Waals surface area contributed by atoms with Gasteiger partial charge in [-0.25, -0.2) is 8.42 Å². The van der Waals surface area contributed by atoms with Gasteiger partial charge in [0.2, 0.25) is 0 Å². The third-order valence-corrected chi connectivity index (χ3v) is 4.91. The molecule has 0 spiro atoms. The van der Waals surface area contributed by atoms with E-state index in [4.69, 9.17) is 10.9 Å². The van der Waals surface area contributed by atoms with Gasteiger partial charge in [-0.1, -0.05) is 30.3 Å². The van der Waals surface area contributed by atoms with Crippen LogP contribution in [0.5, 0.6) is 0 Å². The number of oxime groups is 1. The van der Waals surface area contributed by atoms with E-state index in [9.17, 15) is 8.42 Å². The van der Waals surface area contributed by atoms with E-state index in [1.165, 1.54) is 0 Å². The van der Waals surface area contributed by atoms with Gasteiger partial charge < -0.3 is 15.8 Å². The fraction of sp³-hybridized carbons (Fsp3) is 0.500. The quantitative estimate of drug-likeness (QED) is 0.311. The van der Waals surface area contributed by atoms with Crippen molar-refractivity contribution in [2.45, 2.75) is 19.8 Å². The molecule has 0 fully saturated rings. The first kappa shape index (κ1) is 17.3. The zero-order chi connectivity index (χ0) is 15.7. The number of rotatable bonds is 9. The molecule has 0 heterocycles. The van der Waals surface area contributed by atoms with Crippen molar-refractivity contribution in [2.24, 2.45) is 10.9 Å². The van der Waals surface area contributed by atoms with Gasteiger partial charge in [0, 0.05) is 31.0 Å². The Labute approximate surface area is 126 Å². The smallest absolute Gasteiger partial charge is 0.152 e. The van der Waals surface area contributed by atoms with Crippen LogP contribution < -0.4 is 10.6 Å². The monoisotopic (exact) mass is 313 g/mol. The number of amidine groups is 1. The van der Waals surface area contributed by atoms with Gasteiger partial charge >= 0.3 is 0 Å². The minimum Gasteiger partial charge on any atom is -0.409 e. The predicted octanol–water partition coefficient (Wildman–Crippen LogP) is 1.45. The molecule has 0 aliphatic rings. The number of para-hydroxylation sites is 1. The van der Waals surface area contributed by atoms with E-state index in [1.807, 2.05) is 42.2 Å². The molecular formula is C14H23N3O3S. The number of benzene rings is 1. The first-order valence-electron chi connectivity index (χ1n) is 6.95. The molecule has 0 saturated carbocycles. The van der Waals surface area contributed by atoms with Gasteiger partial charge in [0.25, 0.3) is 0 Å². The van der Waals surface area contributed by atoms with Crippen LogP contribution in [-0.2, 0) is 9.84 Å². The molecule has 3 N–H and O–H groups in total. The number of anilines is 1. The average Bonchev–Trinajstić information content (AvgIpc) is 2.47. The van der Waals surface area contributed by atoms with E-state index in [1.54, 1.807) is 0 Å². The van der Waals surface area contributed by atoms with Crippen molar-refractivity contribution < 1.29 is 13.6 Å². The molecule has 6 nitrogen and oxygen atoms in total. The summed E-state index contributed by atoms with van der Waals surface area (Å²) in [7, 11) is -3.03. The number of sulfone groups is 1. The predicted molar refractivity (Wildman–Crippen MR) is 85.6 cm³/mol.